The first-order chi connectivity index (χ1) is 5.65. The van der Waals surface area contributed by atoms with Crippen LogP contribution >= 0.6 is 11.6 Å². The molecule has 0 saturated carbocycles. The lowest BCUT2D eigenvalue weighted by Gasteiger charge is -2.15. The Labute approximate surface area is 75.2 Å². The molecule has 0 amide bonds. The highest BCUT2D eigenvalue weighted by atomic mass is 35.5. The molecule has 0 spiro atoms. The normalized spacial score (nSPS) is 10.0. The van der Waals surface area contributed by atoms with Crippen LogP contribution in [0.2, 0.25) is 5.28 Å². The van der Waals surface area contributed by atoms with E-state index in [-0.39, 0.29) is 11.1 Å². The van der Waals surface area contributed by atoms with Crippen molar-refractivity contribution in [3.05, 3.63) is 17.3 Å². The molecular formula is C7H9ClFN3. The van der Waals surface area contributed by atoms with Gasteiger partial charge in [0.15, 0.2) is 11.6 Å². The summed E-state index contributed by atoms with van der Waals surface area (Å²) in [5.41, 5.74) is 0. The van der Waals surface area contributed by atoms with E-state index in [2.05, 4.69) is 9.97 Å². The van der Waals surface area contributed by atoms with Crippen molar-refractivity contribution in [2.45, 2.75) is 6.92 Å². The number of rotatable bonds is 2. The van der Waals surface area contributed by atoms with Crippen molar-refractivity contribution in [3.8, 4) is 0 Å². The summed E-state index contributed by atoms with van der Waals surface area (Å²) in [5.74, 6) is -0.221. The maximum absolute atomic E-state index is 13.0. The molecule has 5 heteroatoms. The molecule has 0 aliphatic heterocycles. The van der Waals surface area contributed by atoms with Crippen LogP contribution in [0.4, 0.5) is 10.2 Å². The molecule has 0 aliphatic rings. The van der Waals surface area contributed by atoms with Crippen LogP contribution in [0.1, 0.15) is 6.92 Å². The zero-order valence-electron chi connectivity index (χ0n) is 6.88. The number of hydrogen-bond acceptors (Lipinski definition) is 3. The molecule has 3 nitrogen and oxygen atoms in total. The molecule has 1 rings (SSSR count). The van der Waals surface area contributed by atoms with Crippen molar-refractivity contribution < 1.29 is 4.39 Å². The van der Waals surface area contributed by atoms with E-state index in [1.165, 1.54) is 0 Å². The summed E-state index contributed by atoms with van der Waals surface area (Å²) in [6, 6.07) is 0. The molecule has 66 valence electrons. The maximum atomic E-state index is 13.0. The number of halogens is 2. The van der Waals surface area contributed by atoms with Crippen molar-refractivity contribution in [1.29, 1.82) is 0 Å². The van der Waals surface area contributed by atoms with Crippen molar-refractivity contribution in [3.63, 3.8) is 0 Å². The van der Waals surface area contributed by atoms with E-state index in [4.69, 9.17) is 11.6 Å². The second kappa shape index (κ2) is 3.67. The van der Waals surface area contributed by atoms with Crippen LogP contribution in [0.3, 0.4) is 0 Å². The van der Waals surface area contributed by atoms with E-state index in [0.717, 1.165) is 6.20 Å². The SMILES string of the molecule is CCN(C)c1nc(Cl)ncc1F. The second-order valence-corrected chi connectivity index (χ2v) is 2.66. The van der Waals surface area contributed by atoms with Gasteiger partial charge >= 0.3 is 0 Å². The molecule has 0 N–H and O–H groups in total. The summed E-state index contributed by atoms with van der Waals surface area (Å²) in [6.07, 6.45) is 1.07. The molecule has 0 fully saturated rings. The van der Waals surface area contributed by atoms with Gasteiger partial charge in [0.25, 0.3) is 0 Å². The molecule has 0 aliphatic carbocycles. The molecule has 0 atom stereocenters. The van der Waals surface area contributed by atoms with E-state index >= 15 is 0 Å². The summed E-state index contributed by atoms with van der Waals surface area (Å²) in [7, 11) is 1.74. The molecule has 12 heavy (non-hydrogen) atoms. The van der Waals surface area contributed by atoms with Gasteiger partial charge in [0.2, 0.25) is 5.28 Å². The molecule has 0 aromatic carbocycles. The second-order valence-electron chi connectivity index (χ2n) is 2.32. The van der Waals surface area contributed by atoms with Gasteiger partial charge in [0.05, 0.1) is 6.20 Å². The van der Waals surface area contributed by atoms with E-state index < -0.39 is 5.82 Å². The van der Waals surface area contributed by atoms with E-state index in [1.54, 1.807) is 11.9 Å². The van der Waals surface area contributed by atoms with Gasteiger partial charge in [0.1, 0.15) is 0 Å². The molecule has 0 radical (unpaired) electrons. The monoisotopic (exact) mass is 189 g/mol. The Hall–Kier alpha value is -0.900. The van der Waals surface area contributed by atoms with Crippen LogP contribution in [-0.4, -0.2) is 23.6 Å². The Morgan fingerprint density at radius 2 is 2.33 bits per heavy atom. The van der Waals surface area contributed by atoms with Gasteiger partial charge in [0, 0.05) is 13.6 Å². The van der Waals surface area contributed by atoms with E-state index in [0.29, 0.717) is 6.54 Å². The molecule has 0 bridgehead atoms. The largest absolute Gasteiger partial charge is 0.357 e. The van der Waals surface area contributed by atoms with Crippen molar-refractivity contribution >= 4 is 17.4 Å². The molecule has 0 saturated heterocycles. The van der Waals surface area contributed by atoms with Gasteiger partial charge in [-0.3, -0.25) is 0 Å². The fourth-order valence-electron chi connectivity index (χ4n) is 0.755. The number of anilines is 1. The molecule has 1 heterocycles. The number of aromatic nitrogens is 2. The van der Waals surface area contributed by atoms with Crippen LogP contribution in [-0.2, 0) is 0 Å². The topological polar surface area (TPSA) is 29.0 Å². The van der Waals surface area contributed by atoms with Gasteiger partial charge in [-0.2, -0.15) is 4.98 Å². The number of nitrogens with zero attached hydrogens (tertiary/aromatic N) is 3. The lowest BCUT2D eigenvalue weighted by molar-refractivity contribution is 0.608. The Kier molecular flexibility index (Phi) is 2.81. The fraction of sp³-hybridized carbons (Fsp3) is 0.429. The smallest absolute Gasteiger partial charge is 0.224 e. The summed E-state index contributed by atoms with van der Waals surface area (Å²) < 4.78 is 13.0. The Bertz CT molecular complexity index is 279. The Morgan fingerprint density at radius 3 is 2.92 bits per heavy atom. The lowest BCUT2D eigenvalue weighted by atomic mass is 10.5. The van der Waals surface area contributed by atoms with Crippen molar-refractivity contribution in [2.24, 2.45) is 0 Å². The predicted molar refractivity (Wildman–Crippen MR) is 45.9 cm³/mol. The van der Waals surface area contributed by atoms with Crippen LogP contribution in [0.5, 0.6) is 0 Å². The highest BCUT2D eigenvalue weighted by Crippen LogP contribution is 2.15. The van der Waals surface area contributed by atoms with Gasteiger partial charge in [-0.1, -0.05) is 0 Å². The summed E-state index contributed by atoms with van der Waals surface area (Å²) in [4.78, 5) is 8.91. The zero-order valence-corrected chi connectivity index (χ0v) is 7.64. The first-order valence-corrected chi connectivity index (χ1v) is 3.92. The first-order valence-electron chi connectivity index (χ1n) is 3.54. The van der Waals surface area contributed by atoms with E-state index in [9.17, 15) is 4.39 Å². The quantitative estimate of drug-likeness (QED) is 0.664. The lowest BCUT2D eigenvalue weighted by Crippen LogP contribution is -2.19. The van der Waals surface area contributed by atoms with E-state index in [1.807, 2.05) is 6.92 Å². The minimum Gasteiger partial charge on any atom is -0.357 e. The minimum absolute atomic E-state index is 0.0618. The average Bonchev–Trinajstić information content (AvgIpc) is 2.08. The average molecular weight is 190 g/mol. The van der Waals surface area contributed by atoms with Crippen LogP contribution in [0, 0.1) is 5.82 Å². The molecular weight excluding hydrogens is 181 g/mol. The highest BCUT2D eigenvalue weighted by Gasteiger charge is 2.08. The third-order valence-corrected chi connectivity index (χ3v) is 1.71. The van der Waals surface area contributed by atoms with Gasteiger partial charge < -0.3 is 4.90 Å². The zero-order chi connectivity index (χ0) is 9.14. The van der Waals surface area contributed by atoms with Crippen LogP contribution < -0.4 is 4.90 Å². The third kappa shape index (κ3) is 1.82. The Balaban J connectivity index is 3.04. The van der Waals surface area contributed by atoms with Crippen molar-refractivity contribution in [2.75, 3.05) is 18.5 Å². The van der Waals surface area contributed by atoms with Gasteiger partial charge in [-0.25, -0.2) is 9.37 Å². The number of hydrogen-bond donors (Lipinski definition) is 0. The first kappa shape index (κ1) is 9.19. The molecule has 1 aromatic heterocycles. The standard InChI is InChI=1S/C7H9ClFN3/c1-3-12(2)6-5(9)4-10-7(8)11-6/h4H,3H2,1-2H3. The maximum Gasteiger partial charge on any atom is 0.224 e. The predicted octanol–water partition coefficient (Wildman–Crippen LogP) is 1.73. The summed E-state index contributed by atoms with van der Waals surface area (Å²) in [5, 5.41) is 0.0618. The third-order valence-electron chi connectivity index (χ3n) is 1.53. The van der Waals surface area contributed by atoms with Crippen LogP contribution in [0.25, 0.3) is 0 Å². The van der Waals surface area contributed by atoms with Crippen LogP contribution in [0.15, 0.2) is 6.20 Å². The molecule has 1 aromatic rings. The Morgan fingerprint density at radius 1 is 1.67 bits per heavy atom. The minimum atomic E-state index is -0.455. The summed E-state index contributed by atoms with van der Waals surface area (Å²) in [6.45, 7) is 2.57. The molecule has 0 unspecified atom stereocenters. The van der Waals surface area contributed by atoms with Crippen molar-refractivity contribution in [1.82, 2.24) is 9.97 Å². The fourth-order valence-corrected chi connectivity index (χ4v) is 0.884. The summed E-state index contributed by atoms with van der Waals surface area (Å²) >= 11 is 5.50. The van der Waals surface area contributed by atoms with Gasteiger partial charge in [-0.05, 0) is 18.5 Å². The van der Waals surface area contributed by atoms with Gasteiger partial charge in [-0.15, -0.1) is 0 Å². The highest BCUT2D eigenvalue weighted by molar-refractivity contribution is 6.28.